The molecule has 0 spiro atoms. The lowest BCUT2D eigenvalue weighted by Gasteiger charge is -2.24. The first-order chi connectivity index (χ1) is 9.40. The molecule has 20 heavy (non-hydrogen) atoms. The van der Waals surface area contributed by atoms with Crippen LogP contribution < -0.4 is 5.56 Å². The van der Waals surface area contributed by atoms with Crippen LogP contribution in [0.25, 0.3) is 0 Å². The summed E-state index contributed by atoms with van der Waals surface area (Å²) in [6.07, 6.45) is 3.33. The van der Waals surface area contributed by atoms with Crippen LogP contribution >= 0.6 is 0 Å². The number of hydrogen-bond acceptors (Lipinski definition) is 3. The number of nitrogens with zero attached hydrogens (tertiary/aromatic N) is 2. The van der Waals surface area contributed by atoms with E-state index in [1.165, 1.54) is 10.6 Å². The second-order valence-electron chi connectivity index (χ2n) is 5.29. The molecule has 1 aliphatic rings. The zero-order valence-corrected chi connectivity index (χ0v) is 11.6. The van der Waals surface area contributed by atoms with Gasteiger partial charge in [-0.15, -0.1) is 0 Å². The topological polar surface area (TPSA) is 79.6 Å². The van der Waals surface area contributed by atoms with E-state index in [-0.39, 0.29) is 24.1 Å². The zero-order chi connectivity index (χ0) is 14.9. The third-order valence-corrected chi connectivity index (χ3v) is 3.49. The van der Waals surface area contributed by atoms with Gasteiger partial charge in [0.25, 0.3) is 11.5 Å². The maximum atomic E-state index is 12.4. The Morgan fingerprint density at radius 3 is 2.65 bits per heavy atom. The minimum atomic E-state index is -0.924. The van der Waals surface area contributed by atoms with Gasteiger partial charge in [-0.1, -0.05) is 6.92 Å². The van der Waals surface area contributed by atoms with Gasteiger partial charge < -0.3 is 14.6 Å². The van der Waals surface area contributed by atoms with Crippen LogP contribution in [0.4, 0.5) is 0 Å². The van der Waals surface area contributed by atoms with Crippen LogP contribution in [-0.2, 0) is 11.8 Å². The van der Waals surface area contributed by atoms with Crippen molar-refractivity contribution in [3.63, 3.8) is 0 Å². The fourth-order valence-electron chi connectivity index (χ4n) is 2.00. The molecule has 6 heteroatoms. The number of aromatic nitrogens is 1. The molecule has 1 aliphatic carbocycles. The molecule has 1 N–H and O–H groups in total. The van der Waals surface area contributed by atoms with Crippen molar-refractivity contribution in [3.8, 4) is 0 Å². The van der Waals surface area contributed by atoms with E-state index in [0.717, 1.165) is 12.8 Å². The molecule has 0 aromatic carbocycles. The van der Waals surface area contributed by atoms with E-state index in [0.29, 0.717) is 5.56 Å². The standard InChI is InChI=1S/C14H18N2O4/c1-9(14(19)20)8-16(11-3-4-11)13(18)10-5-6-15(2)12(17)7-10/h5-7,9,11H,3-4,8H2,1-2H3,(H,19,20). The van der Waals surface area contributed by atoms with Gasteiger partial charge in [0.05, 0.1) is 5.92 Å². The second kappa shape index (κ2) is 5.48. The van der Waals surface area contributed by atoms with Crippen molar-refractivity contribution in [1.82, 2.24) is 9.47 Å². The number of carbonyl (C=O) groups excluding carboxylic acids is 1. The molecule has 1 aromatic rings. The second-order valence-corrected chi connectivity index (χ2v) is 5.29. The van der Waals surface area contributed by atoms with Crippen LogP contribution in [0.15, 0.2) is 23.1 Å². The Morgan fingerprint density at radius 1 is 1.50 bits per heavy atom. The van der Waals surface area contributed by atoms with E-state index in [9.17, 15) is 14.4 Å². The molecular formula is C14H18N2O4. The summed E-state index contributed by atoms with van der Waals surface area (Å²) in [6.45, 7) is 1.75. The number of pyridine rings is 1. The minimum Gasteiger partial charge on any atom is -0.481 e. The quantitative estimate of drug-likeness (QED) is 0.860. The molecule has 0 bridgehead atoms. The number of amides is 1. The number of hydrogen-bond donors (Lipinski definition) is 1. The number of carboxylic acid groups (broad SMARTS) is 1. The molecule has 0 aliphatic heterocycles. The Hall–Kier alpha value is -2.11. The molecule has 1 unspecified atom stereocenters. The van der Waals surface area contributed by atoms with E-state index < -0.39 is 11.9 Å². The Balaban J connectivity index is 2.20. The van der Waals surface area contributed by atoms with E-state index in [2.05, 4.69) is 0 Å². The Labute approximate surface area is 116 Å². The maximum Gasteiger partial charge on any atom is 0.308 e. The molecule has 1 aromatic heterocycles. The number of carbonyl (C=O) groups is 2. The fourth-order valence-corrected chi connectivity index (χ4v) is 2.00. The number of rotatable bonds is 5. The van der Waals surface area contributed by atoms with E-state index in [4.69, 9.17) is 5.11 Å². The predicted octanol–water partition coefficient (Wildman–Crippen LogP) is 0.711. The van der Waals surface area contributed by atoms with Crippen molar-refractivity contribution < 1.29 is 14.7 Å². The lowest BCUT2D eigenvalue weighted by molar-refractivity contribution is -0.141. The summed E-state index contributed by atoms with van der Waals surface area (Å²) in [5.41, 5.74) is 0.0652. The molecule has 0 radical (unpaired) electrons. The van der Waals surface area contributed by atoms with Gasteiger partial charge in [0.15, 0.2) is 0 Å². The SMILES string of the molecule is CC(CN(C(=O)c1ccn(C)c(=O)c1)C1CC1)C(=O)O. The van der Waals surface area contributed by atoms with Gasteiger partial charge in [-0.3, -0.25) is 14.4 Å². The van der Waals surface area contributed by atoms with Gasteiger partial charge in [0.1, 0.15) is 0 Å². The molecule has 108 valence electrons. The Kier molecular flexibility index (Phi) is 3.92. The third-order valence-electron chi connectivity index (χ3n) is 3.49. The molecule has 1 fully saturated rings. The predicted molar refractivity (Wildman–Crippen MR) is 72.5 cm³/mol. The molecular weight excluding hydrogens is 260 g/mol. The van der Waals surface area contributed by atoms with Crippen LogP contribution in [0.5, 0.6) is 0 Å². The van der Waals surface area contributed by atoms with Crippen molar-refractivity contribution >= 4 is 11.9 Å². The van der Waals surface area contributed by atoms with Crippen molar-refractivity contribution in [2.45, 2.75) is 25.8 Å². The minimum absolute atomic E-state index is 0.105. The molecule has 2 rings (SSSR count). The number of aryl methyl sites for hydroxylation is 1. The first-order valence-electron chi connectivity index (χ1n) is 6.60. The van der Waals surface area contributed by atoms with Crippen LogP contribution in [-0.4, -0.2) is 39.0 Å². The van der Waals surface area contributed by atoms with Crippen LogP contribution in [0.3, 0.4) is 0 Å². The number of carboxylic acids is 1. The Morgan fingerprint density at radius 2 is 2.15 bits per heavy atom. The molecule has 1 saturated carbocycles. The summed E-state index contributed by atoms with van der Waals surface area (Å²) in [7, 11) is 1.61. The lowest BCUT2D eigenvalue weighted by atomic mass is 10.1. The molecule has 0 saturated heterocycles. The van der Waals surface area contributed by atoms with Crippen molar-refractivity contribution in [2.75, 3.05) is 6.54 Å². The van der Waals surface area contributed by atoms with E-state index >= 15 is 0 Å². The molecule has 1 heterocycles. The summed E-state index contributed by atoms with van der Waals surface area (Å²) in [6, 6.07) is 2.99. The smallest absolute Gasteiger partial charge is 0.308 e. The van der Waals surface area contributed by atoms with Gasteiger partial charge in [0.2, 0.25) is 0 Å². The maximum absolute atomic E-state index is 12.4. The van der Waals surface area contributed by atoms with Crippen LogP contribution in [0, 0.1) is 5.92 Å². The normalized spacial score (nSPS) is 15.7. The van der Waals surface area contributed by atoms with E-state index in [1.54, 1.807) is 31.1 Å². The van der Waals surface area contributed by atoms with Crippen LogP contribution in [0.1, 0.15) is 30.1 Å². The van der Waals surface area contributed by atoms with Gasteiger partial charge >= 0.3 is 5.97 Å². The van der Waals surface area contributed by atoms with Crippen molar-refractivity contribution in [2.24, 2.45) is 13.0 Å². The van der Waals surface area contributed by atoms with Crippen LogP contribution in [0.2, 0.25) is 0 Å². The van der Waals surface area contributed by atoms with Gasteiger partial charge in [0, 0.05) is 37.5 Å². The highest BCUT2D eigenvalue weighted by Crippen LogP contribution is 2.28. The van der Waals surface area contributed by atoms with E-state index in [1.807, 2.05) is 0 Å². The summed E-state index contributed by atoms with van der Waals surface area (Å²) in [5.74, 6) is -1.81. The largest absolute Gasteiger partial charge is 0.481 e. The summed E-state index contributed by atoms with van der Waals surface area (Å²) >= 11 is 0. The highest BCUT2D eigenvalue weighted by atomic mass is 16.4. The fraction of sp³-hybridized carbons (Fsp3) is 0.500. The average molecular weight is 278 g/mol. The lowest BCUT2D eigenvalue weighted by Crippen LogP contribution is -2.39. The summed E-state index contributed by atoms with van der Waals surface area (Å²) < 4.78 is 1.39. The highest BCUT2D eigenvalue weighted by Gasteiger charge is 2.35. The zero-order valence-electron chi connectivity index (χ0n) is 11.6. The first-order valence-corrected chi connectivity index (χ1v) is 6.60. The van der Waals surface area contributed by atoms with Crippen molar-refractivity contribution in [1.29, 1.82) is 0 Å². The number of aliphatic carboxylic acids is 1. The average Bonchev–Trinajstić information content (AvgIpc) is 3.22. The molecule has 1 atom stereocenters. The Bertz CT molecular complexity index is 589. The first kappa shape index (κ1) is 14.3. The summed E-state index contributed by atoms with van der Waals surface area (Å²) in [5, 5.41) is 8.97. The monoisotopic (exact) mass is 278 g/mol. The van der Waals surface area contributed by atoms with Gasteiger partial charge in [-0.2, -0.15) is 0 Å². The van der Waals surface area contributed by atoms with Gasteiger partial charge in [-0.05, 0) is 18.9 Å². The highest BCUT2D eigenvalue weighted by molar-refractivity contribution is 5.94. The molecule has 6 nitrogen and oxygen atoms in total. The van der Waals surface area contributed by atoms with Gasteiger partial charge in [-0.25, -0.2) is 0 Å². The third kappa shape index (κ3) is 3.07. The van der Waals surface area contributed by atoms with Crippen molar-refractivity contribution in [3.05, 3.63) is 34.2 Å². The molecule has 1 amide bonds. The summed E-state index contributed by atoms with van der Waals surface area (Å²) in [4.78, 5) is 36.5.